The fourth-order valence-electron chi connectivity index (χ4n) is 5.85. The van der Waals surface area contributed by atoms with Gasteiger partial charge in [-0.05, 0) is 112 Å². The first-order valence-electron chi connectivity index (χ1n) is 20.8. The van der Waals surface area contributed by atoms with Crippen molar-refractivity contribution in [3.63, 3.8) is 0 Å². The van der Waals surface area contributed by atoms with Crippen LogP contribution in [0, 0.1) is 17.8 Å². The molecule has 3 N–H and O–H groups in total. The molecule has 3 rings (SSSR count). The number of nitrogens with zero attached hydrogens (tertiary/aromatic N) is 6. The summed E-state index contributed by atoms with van der Waals surface area (Å²) in [6.45, 7) is 10.7. The smallest absolute Gasteiger partial charge is 0.531 e. The molecule has 3 aromatic carbocycles. The summed E-state index contributed by atoms with van der Waals surface area (Å²) in [5.41, 5.74) is 14.9. The van der Waals surface area contributed by atoms with E-state index in [2.05, 4.69) is 16.4 Å². The normalized spacial score (nSPS) is 12.9. The number of benzene rings is 3. The summed E-state index contributed by atoms with van der Waals surface area (Å²) < 4.78 is 0. The van der Waals surface area contributed by atoms with Crippen molar-refractivity contribution in [3.05, 3.63) is 177 Å². The molecule has 0 aromatic heterocycles. The fourth-order valence-corrected chi connectivity index (χ4v) is 5.85. The van der Waals surface area contributed by atoms with Crippen molar-refractivity contribution in [1.82, 2.24) is 0 Å². The van der Waals surface area contributed by atoms with Crippen molar-refractivity contribution in [1.29, 1.82) is 0 Å². The zero-order chi connectivity index (χ0) is 50.1. The Kier molecular flexibility index (Phi) is 28.2. The molecule has 3 unspecified atom stereocenters. The van der Waals surface area contributed by atoms with Gasteiger partial charge in [0, 0.05) is 93.8 Å². The number of rotatable bonds is 18. The topological polar surface area (TPSA) is 215 Å². The molecule has 0 saturated carbocycles. The van der Waals surface area contributed by atoms with Gasteiger partial charge in [0.2, 0.25) is 0 Å². The Bertz CT molecular complexity index is 2020. The molecule has 359 valence electrons. The van der Waals surface area contributed by atoms with Gasteiger partial charge in [-0.1, -0.05) is 73.9 Å². The molecule has 0 aliphatic heterocycles. The number of anilines is 3. The van der Waals surface area contributed by atoms with Gasteiger partial charge in [-0.2, -0.15) is 0 Å². The predicted molar refractivity (Wildman–Crippen MR) is 262 cm³/mol. The first kappa shape index (κ1) is 60.3. The number of carbonyl (C=O) groups excluding carboxylic acids is 6. The van der Waals surface area contributed by atoms with Crippen LogP contribution in [0.3, 0.4) is 0 Å². The quantitative estimate of drug-likeness (QED) is 0.0271. The zero-order valence-electron chi connectivity index (χ0n) is 40.2. The molecule has 0 aliphatic rings. The molecule has 0 aliphatic carbocycles. The summed E-state index contributed by atoms with van der Waals surface area (Å²) in [6, 6.07) is 22.2. The van der Waals surface area contributed by atoms with E-state index in [9.17, 15) is 28.8 Å². The number of carbonyl (C=O) groups is 6. The minimum absolute atomic E-state index is 0. The Labute approximate surface area is 405 Å². The Morgan fingerprint density at radius 3 is 0.761 bits per heavy atom. The number of ketones is 3. The van der Waals surface area contributed by atoms with Crippen molar-refractivity contribution >= 4 is 52.1 Å². The number of Topliss-reactive ketones (excluding diaryl/α,β-unsaturated/α-hetero) is 3. The van der Waals surface area contributed by atoms with Gasteiger partial charge in [0.05, 0.1) is 17.7 Å². The van der Waals surface area contributed by atoms with Gasteiger partial charge in [0.25, 0.3) is 0 Å². The third-order valence-corrected chi connectivity index (χ3v) is 9.55. The van der Waals surface area contributed by atoms with E-state index in [1.54, 1.807) is 96.2 Å². The maximum absolute atomic E-state index is 12.3. The molecule has 0 spiro atoms. The van der Waals surface area contributed by atoms with Crippen molar-refractivity contribution < 1.29 is 61.5 Å². The molecule has 3 atom stereocenters. The SMILES string of the molecule is CC(/C=C/C(=O)[N-]O)=C\C(C)C(=O)c1ccc(N(C)C)cc1.CC(/C=C/C(=O)[N-]O)=C\C(C)C(=O)c1ccc(N(C)C)cc1.CC(/C=C/C(=O)[N-]O)=C\C(C)C(=O)c1ccc(N(C)C)cc1.[Fe+3]. The number of amides is 3. The standard InChI is InChI=1S/3C17H22N2O3.Fe/c3*1-12(5-10-16(20)18-22)11-13(2)17(21)14-6-8-15(9-7-14)19(3)4;/h3*5-11,13H,1-4H3,(H2,18,20,22);/q;;;+3/p-3/b3*10-5+,12-11+;. The summed E-state index contributed by atoms with van der Waals surface area (Å²) in [5, 5.41) is 24.8. The molecule has 16 heteroatoms. The third kappa shape index (κ3) is 22.9. The number of hydrogen-bond acceptors (Lipinski definition) is 12. The van der Waals surface area contributed by atoms with E-state index < -0.39 is 17.7 Å². The number of allylic oxidation sites excluding steroid dienone is 9. The van der Waals surface area contributed by atoms with Gasteiger partial charge >= 0.3 is 17.1 Å². The summed E-state index contributed by atoms with van der Waals surface area (Å²) in [6.07, 6.45) is 13.3. The van der Waals surface area contributed by atoms with Gasteiger partial charge < -0.3 is 61.1 Å². The summed E-state index contributed by atoms with van der Waals surface area (Å²) in [4.78, 5) is 75.5. The minimum Gasteiger partial charge on any atom is -0.531 e. The molecule has 0 bridgehead atoms. The largest absolute Gasteiger partial charge is 3.00 e. The zero-order valence-corrected chi connectivity index (χ0v) is 41.3. The summed E-state index contributed by atoms with van der Waals surface area (Å²) in [5.74, 6) is -3.09. The second kappa shape index (κ2) is 31.3. The summed E-state index contributed by atoms with van der Waals surface area (Å²) >= 11 is 0. The van der Waals surface area contributed by atoms with Crippen molar-refractivity contribution in [2.45, 2.75) is 41.5 Å². The van der Waals surface area contributed by atoms with Crippen LogP contribution in [-0.4, -0.2) is 93.0 Å². The monoisotopic (exact) mass is 959 g/mol. The molecule has 3 aromatic rings. The van der Waals surface area contributed by atoms with Crippen LogP contribution < -0.4 is 14.7 Å². The van der Waals surface area contributed by atoms with Crippen LogP contribution in [-0.2, 0) is 31.5 Å². The van der Waals surface area contributed by atoms with E-state index in [0.29, 0.717) is 16.7 Å². The molecule has 15 nitrogen and oxygen atoms in total. The summed E-state index contributed by atoms with van der Waals surface area (Å²) in [7, 11) is 11.7. The molecule has 0 heterocycles. The van der Waals surface area contributed by atoms with Crippen LogP contribution in [0.4, 0.5) is 17.1 Å². The van der Waals surface area contributed by atoms with Crippen LogP contribution in [0.5, 0.6) is 0 Å². The Morgan fingerprint density at radius 1 is 0.403 bits per heavy atom. The van der Waals surface area contributed by atoms with Crippen LogP contribution in [0.15, 0.2) is 144 Å². The van der Waals surface area contributed by atoms with Crippen LogP contribution in [0.25, 0.3) is 16.4 Å². The van der Waals surface area contributed by atoms with Crippen molar-refractivity contribution in [3.8, 4) is 0 Å². The minimum atomic E-state index is -0.731. The van der Waals surface area contributed by atoms with Crippen molar-refractivity contribution in [2.24, 2.45) is 17.8 Å². The van der Waals surface area contributed by atoms with Crippen LogP contribution >= 0.6 is 0 Å². The second-order valence-electron chi connectivity index (χ2n) is 15.8. The Hall–Kier alpha value is -6.68. The average molecular weight is 960 g/mol. The molecule has 67 heavy (non-hydrogen) atoms. The second-order valence-corrected chi connectivity index (χ2v) is 15.8. The van der Waals surface area contributed by atoms with E-state index in [-0.39, 0.29) is 52.2 Å². The molecule has 0 saturated heterocycles. The van der Waals surface area contributed by atoms with Crippen LogP contribution in [0.1, 0.15) is 72.6 Å². The van der Waals surface area contributed by atoms with E-state index in [1.165, 1.54) is 18.2 Å². The maximum Gasteiger partial charge on any atom is 3.00 e. The maximum atomic E-state index is 12.3. The van der Waals surface area contributed by atoms with E-state index in [4.69, 9.17) is 15.6 Å². The molecule has 0 fully saturated rings. The van der Waals surface area contributed by atoms with E-state index >= 15 is 0 Å². The van der Waals surface area contributed by atoms with E-state index in [1.807, 2.05) is 93.4 Å². The van der Waals surface area contributed by atoms with Gasteiger partial charge in [-0.3, -0.25) is 14.4 Å². The fraction of sp³-hybridized carbons (Fsp3) is 0.294. The molecular weight excluding hydrogens is 896 g/mol. The van der Waals surface area contributed by atoms with Crippen molar-refractivity contribution in [2.75, 3.05) is 57.0 Å². The first-order chi connectivity index (χ1) is 31.0. The number of hydrogen-bond donors (Lipinski definition) is 3. The number of hydroxylamine groups is 3. The van der Waals surface area contributed by atoms with Gasteiger partial charge in [0.15, 0.2) is 17.3 Å². The Balaban J connectivity index is 0.000000968. The van der Waals surface area contributed by atoms with Gasteiger partial charge in [-0.25, -0.2) is 0 Å². The predicted octanol–water partition coefficient (Wildman–Crippen LogP) is 10.1. The Morgan fingerprint density at radius 2 is 0.597 bits per heavy atom. The average Bonchev–Trinajstić information content (AvgIpc) is 3.31. The van der Waals surface area contributed by atoms with Gasteiger partial charge in [0.1, 0.15) is 0 Å². The third-order valence-electron chi connectivity index (χ3n) is 9.55. The molecule has 3 amide bonds. The van der Waals surface area contributed by atoms with E-state index in [0.717, 1.165) is 52.0 Å². The molecule has 1 radical (unpaired) electrons. The molecular formula is C51H63FeN6O9. The van der Waals surface area contributed by atoms with Gasteiger partial charge in [-0.15, -0.1) is 0 Å². The van der Waals surface area contributed by atoms with Crippen LogP contribution in [0.2, 0.25) is 0 Å². The first-order valence-corrected chi connectivity index (χ1v) is 20.8.